The Morgan fingerprint density at radius 3 is 2.26 bits per heavy atom. The molecule has 1 saturated heterocycles. The number of nitrogens with one attached hydrogen (secondary N) is 1. The number of hydrogen-bond acceptors (Lipinski definition) is 4. The van der Waals surface area contributed by atoms with E-state index in [2.05, 4.69) is 4.98 Å². The number of piperidine rings is 1. The van der Waals surface area contributed by atoms with Gasteiger partial charge >= 0.3 is 6.43 Å². The molecule has 1 aliphatic rings. The summed E-state index contributed by atoms with van der Waals surface area (Å²) in [6.45, 7) is 4.32. The van der Waals surface area contributed by atoms with Gasteiger partial charge in [-0.15, -0.1) is 0 Å². The van der Waals surface area contributed by atoms with Gasteiger partial charge in [0, 0.05) is 22.0 Å². The van der Waals surface area contributed by atoms with Crippen LogP contribution in [0.5, 0.6) is 0 Å². The van der Waals surface area contributed by atoms with E-state index in [9.17, 15) is 31.9 Å². The number of amides is 3. The molecule has 8 nitrogen and oxygen atoms in total. The third-order valence-electron chi connectivity index (χ3n) is 6.27. The van der Waals surface area contributed by atoms with Gasteiger partial charge in [-0.2, -0.15) is 8.78 Å². The molecule has 12 heteroatoms. The molecule has 3 aromatic rings. The minimum Gasteiger partial charge on any atom is -0.368 e. The monoisotopic (exact) mass is 539 g/mol. The first-order valence-electron chi connectivity index (χ1n) is 12.0. The Bertz CT molecular complexity index is 1280. The number of nitrogens with zero attached hydrogens (tertiary/aromatic N) is 3. The Kier molecular flexibility index (Phi) is 9.43. The molecule has 1 aliphatic heterocycles. The van der Waals surface area contributed by atoms with Gasteiger partial charge in [0.2, 0.25) is 5.91 Å². The largest absolute Gasteiger partial charge is 0.368 e. The van der Waals surface area contributed by atoms with Crippen LogP contribution in [0.4, 0.5) is 17.6 Å². The smallest absolute Gasteiger partial charge is 0.315 e. The van der Waals surface area contributed by atoms with Crippen molar-refractivity contribution in [2.45, 2.75) is 45.1 Å². The molecular weight excluding hydrogens is 506 g/mol. The summed E-state index contributed by atoms with van der Waals surface area (Å²) in [5, 5.41) is 1.85. The summed E-state index contributed by atoms with van der Waals surface area (Å²) in [6, 6.07) is 8.14. The molecule has 0 unspecified atom stereocenters. The van der Waals surface area contributed by atoms with Crippen LogP contribution in [0.25, 0.3) is 5.52 Å². The number of halogens is 4. The number of alkyl halides is 2. The quantitative estimate of drug-likeness (QED) is 0.462. The van der Waals surface area contributed by atoms with Crippen molar-refractivity contribution in [3.8, 4) is 0 Å². The first-order chi connectivity index (χ1) is 18.0. The predicted octanol–water partition coefficient (Wildman–Crippen LogP) is 4.00. The molecule has 0 radical (unpaired) electrons. The van der Waals surface area contributed by atoms with Crippen molar-refractivity contribution < 1.29 is 34.8 Å². The summed E-state index contributed by atoms with van der Waals surface area (Å²) in [5.74, 6) is -3.69. The Morgan fingerprint density at radius 1 is 1.08 bits per heavy atom. The van der Waals surface area contributed by atoms with Gasteiger partial charge in [-0.25, -0.2) is 13.8 Å². The molecule has 1 aromatic carbocycles. The Morgan fingerprint density at radius 2 is 1.71 bits per heavy atom. The van der Waals surface area contributed by atoms with Gasteiger partial charge in [-0.05, 0) is 54.5 Å². The molecule has 3 amide bonds. The lowest BCUT2D eigenvalue weighted by atomic mass is 9.89. The highest BCUT2D eigenvalue weighted by Crippen LogP contribution is 2.29. The van der Waals surface area contributed by atoms with Crippen LogP contribution in [0.15, 0.2) is 48.9 Å². The van der Waals surface area contributed by atoms with E-state index in [-0.39, 0.29) is 20.6 Å². The molecule has 208 valence electrons. The molecule has 38 heavy (non-hydrogen) atoms. The average Bonchev–Trinajstić information content (AvgIpc) is 3.35. The van der Waals surface area contributed by atoms with Crippen LogP contribution in [0.2, 0.25) is 0 Å². The molecule has 0 spiro atoms. The molecule has 2 aromatic heterocycles. The van der Waals surface area contributed by atoms with Gasteiger partial charge in [0.25, 0.3) is 11.8 Å². The van der Waals surface area contributed by atoms with E-state index < -0.39 is 35.9 Å². The van der Waals surface area contributed by atoms with E-state index in [0.717, 1.165) is 11.6 Å². The zero-order chi connectivity index (χ0) is 28.0. The molecule has 0 bridgehead atoms. The van der Waals surface area contributed by atoms with Crippen molar-refractivity contribution in [3.63, 3.8) is 0 Å². The third-order valence-corrected chi connectivity index (χ3v) is 6.27. The molecule has 4 rings (SSSR count). The van der Waals surface area contributed by atoms with Crippen molar-refractivity contribution in [2.75, 3.05) is 13.1 Å². The maximum Gasteiger partial charge on any atom is 0.315 e. The molecular formula is C26H33F4N5O3. The summed E-state index contributed by atoms with van der Waals surface area (Å²) in [6.07, 6.45) is 1.59. The lowest BCUT2D eigenvalue weighted by Gasteiger charge is -2.32. The fraction of sp³-hybridized carbons (Fsp3) is 0.385. The maximum absolute atomic E-state index is 13.4. The second-order valence-corrected chi connectivity index (χ2v) is 9.30. The van der Waals surface area contributed by atoms with Crippen molar-refractivity contribution >= 4 is 23.2 Å². The molecule has 0 aliphatic carbocycles. The van der Waals surface area contributed by atoms with Crippen LogP contribution >= 0.6 is 0 Å². The summed E-state index contributed by atoms with van der Waals surface area (Å²) < 4.78 is 52.1. The van der Waals surface area contributed by atoms with Gasteiger partial charge in [-0.1, -0.05) is 19.9 Å². The van der Waals surface area contributed by atoms with E-state index in [1.807, 2.05) is 17.4 Å². The van der Waals surface area contributed by atoms with Crippen LogP contribution in [-0.2, 0) is 9.59 Å². The zero-order valence-electron chi connectivity index (χ0n) is 20.9. The number of pyridine rings is 1. The van der Waals surface area contributed by atoms with E-state index >= 15 is 0 Å². The molecule has 1 atom stereocenters. The van der Waals surface area contributed by atoms with Crippen molar-refractivity contribution in [1.29, 1.82) is 0 Å². The standard InChI is InChI=1S/C19H17F2N3O.C7H12F2N2O2.2H2/c20-15-8-14(9-16(21)10-15)13-4-6-23(7-5-13)19(25)18-3-1-2-17-11-22-12-24(17)18;1-3(2)4(6(10)12)11-7(13)5(8)9;;/h1-3,8-13H,4-7H2;3-5H,1-2H3,(H2,10,12)(H,11,13);2*1H/t;4-;;/m.0../s1. The number of aromatic nitrogens is 2. The van der Waals surface area contributed by atoms with Gasteiger partial charge in [0.05, 0.1) is 18.0 Å². The second kappa shape index (κ2) is 12.5. The van der Waals surface area contributed by atoms with Crippen molar-refractivity contribution in [3.05, 3.63) is 71.8 Å². The molecule has 0 saturated carbocycles. The summed E-state index contributed by atoms with van der Waals surface area (Å²) in [5.41, 5.74) is 7.00. The second-order valence-electron chi connectivity index (χ2n) is 9.30. The number of hydrogen-bond donors (Lipinski definition) is 2. The van der Waals surface area contributed by atoms with Crippen LogP contribution in [0, 0.1) is 17.6 Å². The number of rotatable bonds is 6. The Labute approximate surface area is 219 Å². The first-order valence-corrected chi connectivity index (χ1v) is 12.0. The zero-order valence-corrected chi connectivity index (χ0v) is 20.9. The van der Waals surface area contributed by atoms with Crippen LogP contribution in [-0.4, -0.2) is 57.6 Å². The number of carbonyl (C=O) groups is 3. The first kappa shape index (κ1) is 28.6. The van der Waals surface area contributed by atoms with E-state index in [1.165, 1.54) is 12.1 Å². The minimum atomic E-state index is -3.12. The van der Waals surface area contributed by atoms with E-state index in [1.54, 1.807) is 41.7 Å². The Balaban J connectivity index is 0.000000462. The minimum absolute atomic E-state index is 0. The molecule has 3 N–H and O–H groups in total. The van der Waals surface area contributed by atoms with Gasteiger partial charge in [0.15, 0.2) is 0 Å². The number of imidazole rings is 1. The topological polar surface area (TPSA) is 110 Å². The number of fused-ring (bicyclic) bond motifs is 1. The number of benzene rings is 1. The normalized spacial score (nSPS) is 14.8. The third kappa shape index (κ3) is 7.08. The van der Waals surface area contributed by atoms with E-state index in [4.69, 9.17) is 5.73 Å². The van der Waals surface area contributed by atoms with Crippen LogP contribution in [0.3, 0.4) is 0 Å². The highest BCUT2D eigenvalue weighted by molar-refractivity contribution is 5.93. The van der Waals surface area contributed by atoms with Gasteiger partial charge in [-0.3, -0.25) is 18.8 Å². The molecule has 1 fully saturated rings. The maximum atomic E-state index is 13.4. The van der Waals surface area contributed by atoms with Crippen molar-refractivity contribution in [1.82, 2.24) is 19.6 Å². The fourth-order valence-corrected chi connectivity index (χ4v) is 4.29. The Hall–Kier alpha value is -3.96. The van der Waals surface area contributed by atoms with Gasteiger partial charge in [0.1, 0.15) is 23.4 Å². The summed E-state index contributed by atoms with van der Waals surface area (Å²) >= 11 is 0. The lowest BCUT2D eigenvalue weighted by Crippen LogP contribution is -2.49. The van der Waals surface area contributed by atoms with Crippen LogP contribution < -0.4 is 11.1 Å². The summed E-state index contributed by atoms with van der Waals surface area (Å²) in [7, 11) is 0. The van der Waals surface area contributed by atoms with Gasteiger partial charge < -0.3 is 16.0 Å². The average molecular weight is 540 g/mol. The molecule has 3 heterocycles. The number of likely N-dealkylation sites (tertiary alicyclic amines) is 1. The highest BCUT2D eigenvalue weighted by atomic mass is 19.3. The van der Waals surface area contributed by atoms with Crippen LogP contribution in [0.1, 0.15) is 51.5 Å². The number of carbonyl (C=O) groups excluding carboxylic acids is 3. The lowest BCUT2D eigenvalue weighted by molar-refractivity contribution is -0.135. The summed E-state index contributed by atoms with van der Waals surface area (Å²) in [4.78, 5) is 39.8. The number of nitrogens with two attached hydrogens (primary N) is 1. The van der Waals surface area contributed by atoms with Crippen molar-refractivity contribution in [2.24, 2.45) is 11.7 Å². The number of primary amides is 1. The predicted molar refractivity (Wildman–Crippen MR) is 136 cm³/mol. The SMILES string of the molecule is CC(C)[C@H](NC(=O)C(F)F)C(N)=O.O=C(c1cccc2cncn12)N1CCC(c2cc(F)cc(F)c2)CC1.[HH].[HH]. The highest BCUT2D eigenvalue weighted by Gasteiger charge is 2.27. The fourth-order valence-electron chi connectivity index (χ4n) is 4.29. The van der Waals surface area contributed by atoms with E-state index in [0.29, 0.717) is 37.2 Å².